The van der Waals surface area contributed by atoms with Gasteiger partial charge in [-0.1, -0.05) is 20.8 Å². The fourth-order valence-electron chi connectivity index (χ4n) is 2.34. The fourth-order valence-corrected chi connectivity index (χ4v) is 2.34. The number of nitrogens with one attached hydrogen (secondary N) is 2. The molecule has 5 nitrogen and oxygen atoms in total. The van der Waals surface area contributed by atoms with Gasteiger partial charge in [0, 0.05) is 30.4 Å². The molecule has 0 saturated heterocycles. The maximum Gasteiger partial charge on any atom is 0.251 e. The Hall–Kier alpha value is -2.04. The molecule has 1 aromatic carbocycles. The van der Waals surface area contributed by atoms with E-state index in [1.54, 1.807) is 12.1 Å². The average molecular weight is 333 g/mol. The smallest absolute Gasteiger partial charge is 0.251 e. The highest BCUT2D eigenvalue weighted by atomic mass is 16.2. The first-order valence-electron chi connectivity index (χ1n) is 8.94. The molecular weight excluding hydrogens is 302 g/mol. The monoisotopic (exact) mass is 333 g/mol. The van der Waals surface area contributed by atoms with Crippen molar-refractivity contribution in [2.24, 2.45) is 0 Å². The quantitative estimate of drug-likeness (QED) is 0.691. The molecule has 0 bridgehead atoms. The fraction of sp³-hybridized carbons (Fsp3) is 0.579. The molecule has 0 fully saturated rings. The van der Waals surface area contributed by atoms with Crippen LogP contribution in [-0.2, 0) is 4.79 Å². The van der Waals surface area contributed by atoms with E-state index in [0.717, 1.165) is 38.0 Å². The number of carbonyl (C=O) groups excluding carboxylic acids is 2. The standard InChI is InChI=1S/C19H31N3O2/c1-5-12-22(13-6-2)18(23)14-20-17-10-8-16(9-11-17)19(24)21-15(4)7-3/h8-11,15,20H,5-7,12-14H2,1-4H3,(H,21,24). The van der Waals surface area contributed by atoms with E-state index < -0.39 is 0 Å². The molecule has 0 aliphatic rings. The van der Waals surface area contributed by atoms with E-state index in [0.29, 0.717) is 5.56 Å². The summed E-state index contributed by atoms with van der Waals surface area (Å²) in [6.45, 7) is 10.0. The molecule has 1 aromatic rings. The molecule has 2 N–H and O–H groups in total. The van der Waals surface area contributed by atoms with E-state index in [9.17, 15) is 9.59 Å². The first-order valence-corrected chi connectivity index (χ1v) is 8.94. The van der Waals surface area contributed by atoms with Crippen molar-refractivity contribution >= 4 is 17.5 Å². The molecule has 0 aliphatic carbocycles. The minimum atomic E-state index is -0.0657. The molecule has 24 heavy (non-hydrogen) atoms. The van der Waals surface area contributed by atoms with Gasteiger partial charge in [0.05, 0.1) is 6.54 Å². The maximum atomic E-state index is 12.2. The predicted octanol–water partition coefficient (Wildman–Crippen LogP) is 3.28. The summed E-state index contributed by atoms with van der Waals surface area (Å²) in [5.74, 6) is 0.0429. The Bertz CT molecular complexity index is 508. The molecule has 0 saturated carbocycles. The van der Waals surface area contributed by atoms with Crippen molar-refractivity contribution in [3.8, 4) is 0 Å². The van der Waals surface area contributed by atoms with Gasteiger partial charge < -0.3 is 15.5 Å². The van der Waals surface area contributed by atoms with Crippen molar-refractivity contribution in [3.05, 3.63) is 29.8 Å². The van der Waals surface area contributed by atoms with Gasteiger partial charge in [-0.05, 0) is 50.5 Å². The van der Waals surface area contributed by atoms with E-state index in [1.807, 2.05) is 30.9 Å². The molecule has 1 atom stereocenters. The van der Waals surface area contributed by atoms with Gasteiger partial charge in [-0.25, -0.2) is 0 Å². The second-order valence-electron chi connectivity index (χ2n) is 6.09. The molecule has 134 valence electrons. The number of rotatable bonds is 10. The number of amides is 2. The van der Waals surface area contributed by atoms with Gasteiger partial charge in [-0.2, -0.15) is 0 Å². The maximum absolute atomic E-state index is 12.2. The molecule has 0 heterocycles. The van der Waals surface area contributed by atoms with Crippen LogP contribution in [0.2, 0.25) is 0 Å². The minimum Gasteiger partial charge on any atom is -0.376 e. The molecule has 0 aliphatic heterocycles. The first-order chi connectivity index (χ1) is 11.5. The summed E-state index contributed by atoms with van der Waals surface area (Å²) in [6, 6.07) is 7.39. The molecule has 1 unspecified atom stereocenters. The first kappa shape index (κ1) is 20.0. The van der Waals surface area contributed by atoms with Crippen LogP contribution < -0.4 is 10.6 Å². The van der Waals surface area contributed by atoms with Crippen LogP contribution in [0.1, 0.15) is 57.3 Å². The van der Waals surface area contributed by atoms with Crippen LogP contribution in [-0.4, -0.2) is 42.4 Å². The lowest BCUT2D eigenvalue weighted by molar-refractivity contribution is -0.129. The van der Waals surface area contributed by atoms with Crippen LogP contribution in [0.25, 0.3) is 0 Å². The third-order valence-corrected chi connectivity index (χ3v) is 3.92. The zero-order valence-corrected chi connectivity index (χ0v) is 15.4. The number of nitrogens with zero attached hydrogens (tertiary/aromatic N) is 1. The summed E-state index contributed by atoms with van der Waals surface area (Å²) in [5, 5.41) is 6.08. The Morgan fingerprint density at radius 2 is 1.62 bits per heavy atom. The number of benzene rings is 1. The van der Waals surface area contributed by atoms with E-state index in [1.165, 1.54) is 0 Å². The van der Waals surface area contributed by atoms with Crippen molar-refractivity contribution in [2.75, 3.05) is 25.0 Å². The van der Waals surface area contributed by atoms with Crippen molar-refractivity contribution in [3.63, 3.8) is 0 Å². The van der Waals surface area contributed by atoms with Gasteiger partial charge in [0.15, 0.2) is 0 Å². The van der Waals surface area contributed by atoms with Crippen LogP contribution in [0.3, 0.4) is 0 Å². The summed E-state index contributed by atoms with van der Waals surface area (Å²) in [7, 11) is 0. The van der Waals surface area contributed by atoms with Crippen molar-refractivity contribution in [1.82, 2.24) is 10.2 Å². The molecule has 0 aromatic heterocycles. The molecule has 5 heteroatoms. The number of hydrogen-bond donors (Lipinski definition) is 2. The van der Waals surface area contributed by atoms with Crippen LogP contribution >= 0.6 is 0 Å². The Morgan fingerprint density at radius 1 is 1.04 bits per heavy atom. The Labute approximate surface area is 145 Å². The van der Waals surface area contributed by atoms with Crippen molar-refractivity contribution < 1.29 is 9.59 Å². The van der Waals surface area contributed by atoms with Gasteiger partial charge in [0.25, 0.3) is 5.91 Å². The third-order valence-electron chi connectivity index (χ3n) is 3.92. The van der Waals surface area contributed by atoms with Crippen molar-refractivity contribution in [1.29, 1.82) is 0 Å². The second-order valence-corrected chi connectivity index (χ2v) is 6.09. The highest BCUT2D eigenvalue weighted by Crippen LogP contribution is 2.10. The van der Waals surface area contributed by atoms with Crippen LogP contribution in [0.5, 0.6) is 0 Å². The van der Waals surface area contributed by atoms with Crippen LogP contribution in [0, 0.1) is 0 Å². The highest BCUT2D eigenvalue weighted by Gasteiger charge is 2.12. The topological polar surface area (TPSA) is 61.4 Å². The molecule has 1 rings (SSSR count). The van der Waals surface area contributed by atoms with Gasteiger partial charge in [-0.15, -0.1) is 0 Å². The summed E-state index contributed by atoms with van der Waals surface area (Å²) in [4.78, 5) is 26.1. The third kappa shape index (κ3) is 6.60. The molecular formula is C19H31N3O2. The minimum absolute atomic E-state index is 0.0657. The summed E-state index contributed by atoms with van der Waals surface area (Å²) >= 11 is 0. The lowest BCUT2D eigenvalue weighted by Crippen LogP contribution is -2.36. The SMILES string of the molecule is CCCN(CCC)C(=O)CNc1ccc(C(=O)NC(C)CC)cc1. The number of hydrogen-bond acceptors (Lipinski definition) is 3. The second kappa shape index (κ2) is 10.7. The van der Waals surface area contributed by atoms with Gasteiger partial charge in [0.2, 0.25) is 5.91 Å². The highest BCUT2D eigenvalue weighted by molar-refractivity contribution is 5.94. The molecule has 0 spiro atoms. The normalized spacial score (nSPS) is 11.7. The predicted molar refractivity (Wildman–Crippen MR) is 99.3 cm³/mol. The van der Waals surface area contributed by atoms with Crippen molar-refractivity contribution in [2.45, 2.75) is 53.0 Å². The zero-order chi connectivity index (χ0) is 17.9. The van der Waals surface area contributed by atoms with E-state index in [-0.39, 0.29) is 24.4 Å². The summed E-state index contributed by atoms with van der Waals surface area (Å²) in [5.41, 5.74) is 1.47. The number of anilines is 1. The lowest BCUT2D eigenvalue weighted by Gasteiger charge is -2.21. The van der Waals surface area contributed by atoms with E-state index in [4.69, 9.17) is 0 Å². The summed E-state index contributed by atoms with van der Waals surface area (Å²) < 4.78 is 0. The average Bonchev–Trinajstić information content (AvgIpc) is 2.59. The Morgan fingerprint density at radius 3 is 2.12 bits per heavy atom. The summed E-state index contributed by atoms with van der Waals surface area (Å²) in [6.07, 6.45) is 2.83. The zero-order valence-electron chi connectivity index (χ0n) is 15.4. The van der Waals surface area contributed by atoms with Gasteiger partial charge in [0.1, 0.15) is 0 Å². The molecule has 0 radical (unpaired) electrons. The van der Waals surface area contributed by atoms with Gasteiger partial charge >= 0.3 is 0 Å². The largest absolute Gasteiger partial charge is 0.376 e. The van der Waals surface area contributed by atoms with Crippen LogP contribution in [0.4, 0.5) is 5.69 Å². The van der Waals surface area contributed by atoms with E-state index in [2.05, 4.69) is 24.5 Å². The Balaban J connectivity index is 2.54. The van der Waals surface area contributed by atoms with Gasteiger partial charge in [-0.3, -0.25) is 9.59 Å². The van der Waals surface area contributed by atoms with E-state index >= 15 is 0 Å². The Kier molecular flexibility index (Phi) is 8.90. The molecule has 2 amide bonds. The lowest BCUT2D eigenvalue weighted by atomic mass is 10.1. The number of carbonyl (C=O) groups is 2. The van der Waals surface area contributed by atoms with Crippen LogP contribution in [0.15, 0.2) is 24.3 Å².